The number of cyclic esters (lactones) is 1. The SMILES string of the molecule is CC[C@H]1C(=O)OCc2c1cc1n(c2=O)Cc2c-1nc1cc(F)c(C)c3c1c2[C@@H](NC(=O)C[C@@H](C)OCNC(=O)CNC(=O)[C@H](Cc1ccccc1)NC(=O)CNC(=O)CNC(=O)CCCCCN1C(=O)C=CC1=O)CC3. The molecule has 8 amide bonds. The van der Waals surface area contributed by atoms with Gasteiger partial charge in [0.2, 0.25) is 35.4 Å². The Hall–Kier alpha value is -8.14. The van der Waals surface area contributed by atoms with Gasteiger partial charge in [0.1, 0.15) is 25.2 Å². The Morgan fingerprint density at radius 3 is 2.30 bits per heavy atom. The minimum Gasteiger partial charge on any atom is -0.460 e. The fourth-order valence-corrected chi connectivity index (χ4v) is 10.1. The third kappa shape index (κ3) is 12.3. The molecule has 0 fully saturated rings. The third-order valence-corrected chi connectivity index (χ3v) is 14.1. The number of aromatic nitrogens is 2. The molecule has 76 heavy (non-hydrogen) atoms. The molecule has 8 rings (SSSR count). The summed E-state index contributed by atoms with van der Waals surface area (Å²) in [4.78, 5) is 134. The predicted molar refractivity (Wildman–Crippen MR) is 271 cm³/mol. The monoisotopic (exact) mass is 1050 g/mol. The lowest BCUT2D eigenvalue weighted by Gasteiger charge is -2.30. The highest BCUT2D eigenvalue weighted by Gasteiger charge is 2.38. The fraction of sp³-hybridized carbons (Fsp3) is 0.426. The molecule has 4 aromatic rings. The quantitative estimate of drug-likeness (QED) is 0.0237. The van der Waals surface area contributed by atoms with Crippen molar-refractivity contribution in [2.75, 3.05) is 32.9 Å². The van der Waals surface area contributed by atoms with Crippen molar-refractivity contribution in [3.63, 3.8) is 0 Å². The molecule has 0 saturated carbocycles. The molecule has 4 atom stereocenters. The Morgan fingerprint density at radius 1 is 0.842 bits per heavy atom. The number of amides is 8. The van der Waals surface area contributed by atoms with E-state index in [2.05, 4.69) is 31.9 Å². The van der Waals surface area contributed by atoms with Crippen molar-refractivity contribution < 1.29 is 57.0 Å². The number of hydrogen-bond acceptors (Lipinski definition) is 13. The number of fused-ring (bicyclic) bond motifs is 5. The van der Waals surface area contributed by atoms with Crippen LogP contribution in [0.1, 0.15) is 110 Å². The van der Waals surface area contributed by atoms with E-state index >= 15 is 4.39 Å². The lowest BCUT2D eigenvalue weighted by Crippen LogP contribution is -2.52. The molecule has 2 aromatic carbocycles. The number of aryl methyl sites for hydroxylation is 1. The number of nitrogens with zero attached hydrogens (tertiary/aromatic N) is 3. The Morgan fingerprint density at radius 2 is 1.55 bits per heavy atom. The predicted octanol–water partition coefficient (Wildman–Crippen LogP) is 1.96. The van der Waals surface area contributed by atoms with Gasteiger partial charge in [-0.2, -0.15) is 0 Å². The molecule has 0 unspecified atom stereocenters. The van der Waals surface area contributed by atoms with E-state index in [1.807, 2.05) is 13.0 Å². The van der Waals surface area contributed by atoms with E-state index in [0.717, 1.165) is 27.0 Å². The summed E-state index contributed by atoms with van der Waals surface area (Å²) in [6.07, 6.45) is 4.73. The smallest absolute Gasteiger partial charge is 0.313 e. The number of imide groups is 1. The number of hydrogen-bond donors (Lipinski definition) is 6. The molecule has 0 spiro atoms. The number of carbonyl (C=O) groups is 9. The van der Waals surface area contributed by atoms with Crippen molar-refractivity contribution in [2.45, 2.75) is 116 Å². The molecule has 0 radical (unpaired) electrons. The van der Waals surface area contributed by atoms with Crippen molar-refractivity contribution in [3.05, 3.63) is 110 Å². The molecule has 5 heterocycles. The van der Waals surface area contributed by atoms with Crippen LogP contribution in [0.25, 0.3) is 22.3 Å². The average molecular weight is 1050 g/mol. The summed E-state index contributed by atoms with van der Waals surface area (Å²) in [5.74, 6) is -5.54. The Balaban J connectivity index is 0.793. The number of unbranched alkanes of at least 4 members (excludes halogenated alkanes) is 2. The summed E-state index contributed by atoms with van der Waals surface area (Å²) < 4.78 is 28.1. The lowest BCUT2D eigenvalue weighted by molar-refractivity contribution is -0.148. The highest BCUT2D eigenvalue weighted by atomic mass is 19.1. The molecule has 1 aliphatic carbocycles. The van der Waals surface area contributed by atoms with Crippen molar-refractivity contribution in [1.29, 1.82) is 0 Å². The third-order valence-electron chi connectivity index (χ3n) is 14.1. The van der Waals surface area contributed by atoms with Crippen LogP contribution in [0.3, 0.4) is 0 Å². The molecule has 3 aliphatic heterocycles. The number of esters is 1. The van der Waals surface area contributed by atoms with E-state index < -0.39 is 85.1 Å². The van der Waals surface area contributed by atoms with Crippen molar-refractivity contribution in [1.82, 2.24) is 46.4 Å². The van der Waals surface area contributed by atoms with Crippen LogP contribution in [0.5, 0.6) is 0 Å². The molecule has 400 valence electrons. The van der Waals surface area contributed by atoms with Crippen LogP contribution in [0.2, 0.25) is 0 Å². The van der Waals surface area contributed by atoms with E-state index in [1.54, 1.807) is 48.7 Å². The molecule has 6 N–H and O–H groups in total. The van der Waals surface area contributed by atoms with E-state index in [1.165, 1.54) is 18.2 Å². The van der Waals surface area contributed by atoms with Gasteiger partial charge in [0.05, 0.1) is 73.1 Å². The molecular formula is C54H60FN9O12. The largest absolute Gasteiger partial charge is 0.460 e. The second-order valence-corrected chi connectivity index (χ2v) is 19.3. The summed E-state index contributed by atoms with van der Waals surface area (Å²) in [5.41, 5.74) is 5.58. The fourth-order valence-electron chi connectivity index (χ4n) is 10.1. The van der Waals surface area contributed by atoms with Crippen LogP contribution < -0.4 is 37.5 Å². The number of rotatable bonds is 23. The molecule has 2 aromatic heterocycles. The van der Waals surface area contributed by atoms with Crippen molar-refractivity contribution in [2.24, 2.45) is 0 Å². The van der Waals surface area contributed by atoms with Crippen molar-refractivity contribution >= 4 is 64.1 Å². The summed E-state index contributed by atoms with van der Waals surface area (Å²) in [6, 6.07) is 10.4. The zero-order valence-electron chi connectivity index (χ0n) is 42.4. The number of halogens is 1. The Labute approximate surface area is 436 Å². The lowest BCUT2D eigenvalue weighted by atomic mass is 9.81. The van der Waals surface area contributed by atoms with Gasteiger partial charge in [-0.25, -0.2) is 9.37 Å². The molecular weight excluding hydrogens is 986 g/mol. The minimum absolute atomic E-state index is 0.0577. The second kappa shape index (κ2) is 24.0. The maximum absolute atomic E-state index is 15.4. The average Bonchev–Trinajstić information content (AvgIpc) is 3.97. The maximum Gasteiger partial charge on any atom is 0.313 e. The Kier molecular flexibility index (Phi) is 17.1. The van der Waals surface area contributed by atoms with Crippen LogP contribution >= 0.6 is 0 Å². The number of nitrogens with one attached hydrogen (secondary N) is 6. The van der Waals surface area contributed by atoms with Gasteiger partial charge in [0.25, 0.3) is 17.4 Å². The standard InChI is InChI=1S/C54H60FN9O12/c1-4-32-34-21-41-51-35(26-64(41)53(73)36(34)27-75-54(32)74)50-38(15-14-33-30(3)37(55)22-39(62-51)49(33)50)60-43(66)19-29(2)76-28-59-45(68)24-58-52(72)40(20-31-11-7-5-8-12-31)61-46(69)25-57-44(67)23-56-42(65)13-9-6-10-18-63-47(70)16-17-48(63)71/h5,7-8,11-12,16-17,21-22,29,32,38,40H,4,6,9-10,13-15,18-20,23-28H2,1-3H3,(H,56,65)(H,57,67)(H,58,72)(H,59,68)(H,60,66)(H,61,69)/t29-,32-,38+,40+/m1/s1. The molecule has 21 nitrogen and oxygen atoms in total. The molecule has 4 aliphatic rings. The zero-order chi connectivity index (χ0) is 54.2. The zero-order valence-corrected chi connectivity index (χ0v) is 42.4. The van der Waals surface area contributed by atoms with E-state index in [4.69, 9.17) is 14.5 Å². The first-order chi connectivity index (χ1) is 36.5. The second-order valence-electron chi connectivity index (χ2n) is 19.3. The number of benzene rings is 2. The van der Waals surface area contributed by atoms with Crippen LogP contribution in [0, 0.1) is 12.7 Å². The molecule has 0 bridgehead atoms. The summed E-state index contributed by atoms with van der Waals surface area (Å²) >= 11 is 0. The van der Waals surface area contributed by atoms with Gasteiger partial charge in [0.15, 0.2) is 0 Å². The topological polar surface area (TPSA) is 282 Å². The summed E-state index contributed by atoms with van der Waals surface area (Å²) in [5, 5.41) is 16.4. The van der Waals surface area contributed by atoms with Gasteiger partial charge in [0, 0.05) is 48.6 Å². The normalized spacial score (nSPS) is 16.7. The first-order valence-corrected chi connectivity index (χ1v) is 25.4. The highest BCUT2D eigenvalue weighted by Crippen LogP contribution is 2.45. The first-order valence-electron chi connectivity index (χ1n) is 25.4. The van der Waals surface area contributed by atoms with Gasteiger partial charge in [-0.1, -0.05) is 43.7 Å². The van der Waals surface area contributed by atoms with Gasteiger partial charge in [-0.15, -0.1) is 0 Å². The number of ether oxygens (including phenoxy) is 2. The van der Waals surface area contributed by atoms with Crippen LogP contribution in [-0.4, -0.2) is 113 Å². The van der Waals surface area contributed by atoms with E-state index in [9.17, 15) is 47.9 Å². The highest BCUT2D eigenvalue weighted by molar-refractivity contribution is 6.12. The Bertz CT molecular complexity index is 3090. The summed E-state index contributed by atoms with van der Waals surface area (Å²) in [7, 11) is 0. The van der Waals surface area contributed by atoms with Gasteiger partial charge >= 0.3 is 5.97 Å². The van der Waals surface area contributed by atoms with Gasteiger partial charge in [-0.3, -0.25) is 52.8 Å². The first kappa shape index (κ1) is 54.1. The molecule has 0 saturated heterocycles. The summed E-state index contributed by atoms with van der Waals surface area (Å²) in [6.45, 7) is 3.82. The minimum atomic E-state index is -1.14. The van der Waals surface area contributed by atoms with Crippen LogP contribution in [0.15, 0.2) is 59.4 Å². The van der Waals surface area contributed by atoms with Crippen molar-refractivity contribution in [3.8, 4) is 11.4 Å². The van der Waals surface area contributed by atoms with E-state index in [-0.39, 0.29) is 69.0 Å². The van der Waals surface area contributed by atoms with Crippen LogP contribution in [-0.2, 0) is 78.6 Å². The number of pyridine rings is 2. The maximum atomic E-state index is 15.4. The number of carbonyl (C=O) groups excluding carboxylic acids is 9. The van der Waals surface area contributed by atoms with Gasteiger partial charge in [-0.05, 0) is 79.8 Å². The molecule has 22 heteroatoms. The van der Waals surface area contributed by atoms with E-state index in [0.29, 0.717) is 77.7 Å². The van der Waals surface area contributed by atoms with Gasteiger partial charge < -0.3 is 45.9 Å². The van der Waals surface area contributed by atoms with Crippen LogP contribution in [0.4, 0.5) is 4.39 Å².